The molecule has 0 fully saturated rings. The summed E-state index contributed by atoms with van der Waals surface area (Å²) in [5, 5.41) is 13.7. The Morgan fingerprint density at radius 2 is 1.94 bits per heavy atom. The number of hydrogen-bond acceptors (Lipinski definition) is 6. The van der Waals surface area contributed by atoms with E-state index in [1.165, 1.54) is 18.2 Å². The van der Waals surface area contributed by atoms with Crippen LogP contribution in [0, 0.1) is 10.1 Å². The van der Waals surface area contributed by atoms with Crippen molar-refractivity contribution in [3.05, 3.63) is 80.8 Å². The molecule has 0 unspecified atom stereocenters. The van der Waals surface area contributed by atoms with Crippen molar-refractivity contribution in [1.82, 2.24) is 4.98 Å². The number of carbonyl (C=O) groups is 1. The van der Waals surface area contributed by atoms with Crippen LogP contribution in [0.5, 0.6) is 5.75 Å². The van der Waals surface area contributed by atoms with E-state index in [0.29, 0.717) is 17.2 Å². The molecule has 1 N–H and O–H groups in total. The summed E-state index contributed by atoms with van der Waals surface area (Å²) in [5.74, 6) is 0.0803. The van der Waals surface area contributed by atoms with E-state index < -0.39 is 10.8 Å². The Hall–Kier alpha value is -3.72. The molecule has 0 bridgehead atoms. The maximum Gasteiger partial charge on any atom is 0.310 e. The molecule has 0 spiro atoms. The minimum Gasteiger partial charge on any atom is -0.477 e. The molecule has 0 aliphatic heterocycles. The summed E-state index contributed by atoms with van der Waals surface area (Å²) in [6, 6.07) is 16.9. The van der Waals surface area contributed by atoms with Gasteiger partial charge in [-0.3, -0.25) is 14.9 Å². The van der Waals surface area contributed by atoms with Crippen molar-refractivity contribution in [3.63, 3.8) is 0 Å². The molecule has 0 radical (unpaired) electrons. The summed E-state index contributed by atoms with van der Waals surface area (Å²) >= 11 is 3.53. The van der Waals surface area contributed by atoms with E-state index in [4.69, 9.17) is 9.15 Å². The zero-order chi connectivity index (χ0) is 22.7. The third-order valence-electron chi connectivity index (χ3n) is 4.75. The number of benzene rings is 3. The number of hydrogen-bond donors (Lipinski definition) is 1. The van der Waals surface area contributed by atoms with Gasteiger partial charge in [0.1, 0.15) is 5.52 Å². The second kappa shape index (κ2) is 9.19. The van der Waals surface area contributed by atoms with E-state index in [-0.39, 0.29) is 18.0 Å². The number of fused-ring (bicyclic) bond motifs is 1. The largest absolute Gasteiger partial charge is 0.477 e. The Bertz CT molecular complexity index is 1300. The number of para-hydroxylation sites is 2. The highest BCUT2D eigenvalue weighted by Crippen LogP contribution is 2.31. The van der Waals surface area contributed by atoms with Crippen molar-refractivity contribution >= 4 is 44.3 Å². The number of carbonyl (C=O) groups excluding carboxylic acids is 1. The highest BCUT2D eigenvalue weighted by atomic mass is 79.9. The van der Waals surface area contributed by atoms with Gasteiger partial charge in [0.25, 0.3) is 5.91 Å². The van der Waals surface area contributed by atoms with E-state index in [1.54, 1.807) is 30.3 Å². The van der Waals surface area contributed by atoms with Gasteiger partial charge >= 0.3 is 5.69 Å². The molecule has 3 aromatic carbocycles. The number of ether oxygens (including phenoxy) is 1. The van der Waals surface area contributed by atoms with Crippen LogP contribution in [0.15, 0.2) is 69.6 Å². The van der Waals surface area contributed by atoms with Gasteiger partial charge in [-0.15, -0.1) is 0 Å². The highest BCUT2D eigenvalue weighted by Gasteiger charge is 2.15. The van der Waals surface area contributed by atoms with Crippen LogP contribution in [0.25, 0.3) is 22.6 Å². The van der Waals surface area contributed by atoms with Crippen molar-refractivity contribution in [2.45, 2.75) is 13.3 Å². The van der Waals surface area contributed by atoms with Crippen molar-refractivity contribution in [2.75, 3.05) is 11.9 Å². The van der Waals surface area contributed by atoms with Crippen LogP contribution in [0.3, 0.4) is 0 Å². The normalized spacial score (nSPS) is 10.8. The lowest BCUT2D eigenvalue weighted by Gasteiger charge is -2.08. The van der Waals surface area contributed by atoms with Gasteiger partial charge in [-0.05, 0) is 70.4 Å². The Kier molecular flexibility index (Phi) is 6.18. The van der Waals surface area contributed by atoms with Crippen LogP contribution in [0.2, 0.25) is 0 Å². The van der Waals surface area contributed by atoms with Crippen molar-refractivity contribution in [2.24, 2.45) is 0 Å². The lowest BCUT2D eigenvalue weighted by molar-refractivity contribution is -0.385. The molecule has 1 amide bonds. The first kappa shape index (κ1) is 21.5. The van der Waals surface area contributed by atoms with Gasteiger partial charge in [0.05, 0.1) is 9.40 Å². The fourth-order valence-corrected chi connectivity index (χ4v) is 3.72. The fraction of sp³-hybridized carbons (Fsp3) is 0.130. The first-order valence-corrected chi connectivity index (χ1v) is 10.6. The highest BCUT2D eigenvalue weighted by molar-refractivity contribution is 9.10. The molecule has 0 aliphatic carbocycles. The number of aromatic nitrogens is 1. The zero-order valence-electron chi connectivity index (χ0n) is 17.0. The predicted octanol–water partition coefficient (Wildman–Crippen LogP) is 5.75. The number of oxazole rings is 1. The number of rotatable bonds is 7. The lowest BCUT2D eigenvalue weighted by atomic mass is 10.1. The van der Waals surface area contributed by atoms with Crippen molar-refractivity contribution in [1.29, 1.82) is 0 Å². The van der Waals surface area contributed by atoms with Crippen LogP contribution in [-0.4, -0.2) is 22.4 Å². The zero-order valence-corrected chi connectivity index (χ0v) is 18.6. The minimum atomic E-state index is -0.556. The molecule has 4 rings (SSSR count). The second-order valence-corrected chi connectivity index (χ2v) is 7.79. The third-order valence-corrected chi connectivity index (χ3v) is 5.34. The number of halogens is 1. The molecule has 1 aromatic heterocycles. The monoisotopic (exact) mass is 495 g/mol. The number of nitrogens with one attached hydrogen (secondary N) is 1. The summed E-state index contributed by atoms with van der Waals surface area (Å²) in [7, 11) is 0. The average molecular weight is 496 g/mol. The van der Waals surface area contributed by atoms with E-state index in [0.717, 1.165) is 27.5 Å². The molecule has 9 heteroatoms. The molecule has 0 saturated heterocycles. The lowest BCUT2D eigenvalue weighted by Crippen LogP contribution is -2.20. The van der Waals surface area contributed by atoms with Gasteiger partial charge in [0.2, 0.25) is 5.89 Å². The quantitative estimate of drug-likeness (QED) is 0.258. The van der Waals surface area contributed by atoms with Crippen molar-refractivity contribution in [3.8, 4) is 17.2 Å². The Balaban J connectivity index is 1.43. The van der Waals surface area contributed by atoms with Crippen LogP contribution in [0.4, 0.5) is 11.4 Å². The first-order chi connectivity index (χ1) is 15.4. The topological polar surface area (TPSA) is 108 Å². The first-order valence-electron chi connectivity index (χ1n) is 9.80. The molecule has 32 heavy (non-hydrogen) atoms. The molecule has 8 nitrogen and oxygen atoms in total. The number of nitrogens with zero attached hydrogens (tertiary/aromatic N) is 2. The van der Waals surface area contributed by atoms with Gasteiger partial charge in [-0.2, -0.15) is 0 Å². The molecule has 0 saturated carbocycles. The van der Waals surface area contributed by atoms with E-state index in [9.17, 15) is 14.9 Å². The number of nitro benzene ring substituents is 1. The van der Waals surface area contributed by atoms with Gasteiger partial charge in [-0.25, -0.2) is 4.98 Å². The van der Waals surface area contributed by atoms with Crippen molar-refractivity contribution < 1.29 is 18.9 Å². The standard InChI is InChI=1S/C23H18BrN3O5/c1-2-14-11-17(24)22-18(12-14)26-23(32-22)15-7-9-16(10-8-15)25-21(28)13-31-20-6-4-3-5-19(20)27(29)30/h3-12H,2,13H2,1H3,(H,25,28). The summed E-state index contributed by atoms with van der Waals surface area (Å²) < 4.78 is 12.1. The van der Waals surface area contributed by atoms with Crippen LogP contribution in [0.1, 0.15) is 12.5 Å². The molecular formula is C23H18BrN3O5. The molecule has 0 aliphatic rings. The molecule has 1 heterocycles. The predicted molar refractivity (Wildman–Crippen MR) is 124 cm³/mol. The number of nitro groups is 1. The smallest absolute Gasteiger partial charge is 0.310 e. The molecule has 4 aromatic rings. The van der Waals surface area contributed by atoms with Crippen LogP contribution >= 0.6 is 15.9 Å². The van der Waals surface area contributed by atoms with E-state index in [1.807, 2.05) is 12.1 Å². The fourth-order valence-electron chi connectivity index (χ4n) is 3.14. The van der Waals surface area contributed by atoms with E-state index in [2.05, 4.69) is 33.2 Å². The van der Waals surface area contributed by atoms with Gasteiger partial charge in [0, 0.05) is 17.3 Å². The Morgan fingerprint density at radius 1 is 1.19 bits per heavy atom. The summed E-state index contributed by atoms with van der Waals surface area (Å²) in [4.78, 5) is 27.2. The molecule has 162 valence electrons. The third kappa shape index (κ3) is 4.62. The Labute approximate surface area is 191 Å². The second-order valence-electron chi connectivity index (χ2n) is 6.94. The van der Waals surface area contributed by atoms with E-state index >= 15 is 0 Å². The van der Waals surface area contributed by atoms with Gasteiger partial charge < -0.3 is 14.5 Å². The maximum atomic E-state index is 12.2. The number of anilines is 1. The number of aryl methyl sites for hydroxylation is 1. The van der Waals surface area contributed by atoms with Gasteiger partial charge in [0.15, 0.2) is 17.9 Å². The molecule has 0 atom stereocenters. The van der Waals surface area contributed by atoms with Crippen LogP contribution < -0.4 is 10.1 Å². The maximum absolute atomic E-state index is 12.2. The molecular weight excluding hydrogens is 478 g/mol. The summed E-state index contributed by atoms with van der Waals surface area (Å²) in [5.41, 5.74) is 3.74. The SMILES string of the molecule is CCc1cc(Br)c2oc(-c3ccc(NC(=O)COc4ccccc4[N+](=O)[O-])cc3)nc2c1. The Morgan fingerprint density at radius 3 is 2.66 bits per heavy atom. The average Bonchev–Trinajstić information content (AvgIpc) is 3.23. The van der Waals surface area contributed by atoms with Gasteiger partial charge in [-0.1, -0.05) is 19.1 Å². The summed E-state index contributed by atoms with van der Waals surface area (Å²) in [6.07, 6.45) is 0.895. The summed E-state index contributed by atoms with van der Waals surface area (Å²) in [6.45, 7) is 1.72. The minimum absolute atomic E-state index is 0.0383. The van der Waals surface area contributed by atoms with Crippen LogP contribution in [-0.2, 0) is 11.2 Å². The number of amides is 1.